The molecule has 0 N–H and O–H groups in total. The highest BCUT2D eigenvalue weighted by molar-refractivity contribution is 5.91. The van der Waals surface area contributed by atoms with Gasteiger partial charge in [-0.25, -0.2) is 0 Å². The first-order valence-electron chi connectivity index (χ1n) is 13.8. The first-order valence-corrected chi connectivity index (χ1v) is 13.8. The van der Waals surface area contributed by atoms with Crippen LogP contribution in [0.2, 0.25) is 0 Å². The van der Waals surface area contributed by atoms with Gasteiger partial charge in [0.2, 0.25) is 0 Å². The van der Waals surface area contributed by atoms with Crippen molar-refractivity contribution >= 4 is 17.2 Å². The molecular formula is C37H34. The molecule has 0 aromatic heterocycles. The summed E-state index contributed by atoms with van der Waals surface area (Å²) < 4.78 is 0. The normalized spacial score (nSPS) is 13.2. The Morgan fingerprint density at radius 2 is 1.43 bits per heavy atom. The third-order valence-electron chi connectivity index (χ3n) is 7.73. The highest BCUT2D eigenvalue weighted by Gasteiger charge is 2.23. The molecule has 0 aliphatic heterocycles. The lowest BCUT2D eigenvalue weighted by Crippen LogP contribution is -2.25. The number of allylic oxidation sites excluding steroid dienone is 4. The van der Waals surface area contributed by atoms with Crippen LogP contribution in [0, 0.1) is 0 Å². The van der Waals surface area contributed by atoms with E-state index in [1.165, 1.54) is 66.1 Å². The molecule has 0 atom stereocenters. The Kier molecular flexibility index (Phi) is 6.49. The fraction of sp³-hybridized carbons (Fsp3) is 0.189. The van der Waals surface area contributed by atoms with Gasteiger partial charge in [-0.15, -0.1) is 0 Å². The van der Waals surface area contributed by atoms with Crippen LogP contribution in [0.5, 0.6) is 0 Å². The van der Waals surface area contributed by atoms with Crippen LogP contribution in [0.15, 0.2) is 103 Å². The van der Waals surface area contributed by atoms with Crippen molar-refractivity contribution in [2.75, 3.05) is 0 Å². The maximum absolute atomic E-state index is 2.53. The molecule has 0 radical (unpaired) electrons. The van der Waals surface area contributed by atoms with E-state index in [2.05, 4.69) is 123 Å². The van der Waals surface area contributed by atoms with E-state index < -0.39 is 0 Å². The summed E-state index contributed by atoms with van der Waals surface area (Å²) in [6.45, 7) is 4.59. The van der Waals surface area contributed by atoms with E-state index in [1.54, 1.807) is 0 Å². The summed E-state index contributed by atoms with van der Waals surface area (Å²) in [6, 6.07) is 31.4. The summed E-state index contributed by atoms with van der Waals surface area (Å²) in [4.78, 5) is 0. The summed E-state index contributed by atoms with van der Waals surface area (Å²) in [5.41, 5.74) is 14.0. The fourth-order valence-electron chi connectivity index (χ4n) is 6.22. The molecular weight excluding hydrogens is 444 g/mol. The smallest absolute Gasteiger partial charge is 0.00357 e. The Bertz CT molecular complexity index is 1590. The van der Waals surface area contributed by atoms with Crippen molar-refractivity contribution in [3.63, 3.8) is 0 Å². The topological polar surface area (TPSA) is 0 Å². The second-order valence-electron chi connectivity index (χ2n) is 10.2. The number of rotatable bonds is 7. The lowest BCUT2D eigenvalue weighted by atomic mass is 9.85. The second kappa shape index (κ2) is 10.2. The van der Waals surface area contributed by atoms with Crippen LogP contribution in [0.3, 0.4) is 0 Å². The number of hydrogen-bond acceptors (Lipinski definition) is 0. The Morgan fingerprint density at radius 1 is 0.730 bits per heavy atom. The van der Waals surface area contributed by atoms with Gasteiger partial charge < -0.3 is 0 Å². The van der Waals surface area contributed by atoms with Crippen LogP contribution in [0.25, 0.3) is 28.3 Å². The van der Waals surface area contributed by atoms with Gasteiger partial charge in [0.15, 0.2) is 0 Å². The van der Waals surface area contributed by atoms with Crippen LogP contribution in [0.4, 0.5) is 0 Å². The summed E-state index contributed by atoms with van der Waals surface area (Å²) in [5.74, 6) is 0. The van der Waals surface area contributed by atoms with Crippen molar-refractivity contribution in [2.24, 2.45) is 0 Å². The van der Waals surface area contributed by atoms with Gasteiger partial charge in [-0.3, -0.25) is 0 Å². The highest BCUT2D eigenvalue weighted by Crippen LogP contribution is 2.35. The van der Waals surface area contributed by atoms with Crippen molar-refractivity contribution in [3.05, 3.63) is 147 Å². The van der Waals surface area contributed by atoms with Crippen LogP contribution in [0.1, 0.15) is 66.5 Å². The van der Waals surface area contributed by atoms with Crippen molar-refractivity contribution in [2.45, 2.75) is 46.0 Å². The van der Waals surface area contributed by atoms with Gasteiger partial charge >= 0.3 is 0 Å². The van der Waals surface area contributed by atoms with Gasteiger partial charge in [-0.05, 0) is 97.5 Å². The van der Waals surface area contributed by atoms with Crippen LogP contribution in [-0.2, 0) is 12.8 Å². The van der Waals surface area contributed by atoms with Crippen molar-refractivity contribution in [1.29, 1.82) is 0 Å². The van der Waals surface area contributed by atoms with E-state index in [1.807, 2.05) is 0 Å². The molecule has 0 bridgehead atoms. The molecule has 2 aliphatic carbocycles. The average Bonchev–Trinajstić information content (AvgIpc) is 3.59. The minimum atomic E-state index is 1.00. The zero-order valence-electron chi connectivity index (χ0n) is 21.9. The van der Waals surface area contributed by atoms with Gasteiger partial charge in [0, 0.05) is 0 Å². The van der Waals surface area contributed by atoms with Crippen LogP contribution >= 0.6 is 0 Å². The zero-order valence-corrected chi connectivity index (χ0v) is 21.9. The Balaban J connectivity index is 1.81. The molecule has 0 heterocycles. The fourth-order valence-corrected chi connectivity index (χ4v) is 6.22. The van der Waals surface area contributed by atoms with Crippen molar-refractivity contribution in [3.8, 4) is 11.1 Å². The molecule has 4 aromatic rings. The minimum absolute atomic E-state index is 1.00. The SMILES string of the molecule is CCCc1cccc2c1-c1cc(=C(c3ccccc3)c3ccccc3)c(CCC)c(C3=CC=CC3)c1=C2. The van der Waals surface area contributed by atoms with E-state index in [0.717, 1.165) is 32.1 Å². The predicted octanol–water partition coefficient (Wildman–Crippen LogP) is 7.99. The van der Waals surface area contributed by atoms with Gasteiger partial charge in [-0.2, -0.15) is 0 Å². The Morgan fingerprint density at radius 3 is 2.05 bits per heavy atom. The molecule has 0 saturated heterocycles. The summed E-state index contributed by atoms with van der Waals surface area (Å²) in [5, 5.41) is 2.80. The number of benzene rings is 4. The third kappa shape index (κ3) is 4.21. The lowest BCUT2D eigenvalue weighted by molar-refractivity contribution is 0.908. The maximum atomic E-state index is 2.53. The van der Waals surface area contributed by atoms with E-state index in [-0.39, 0.29) is 0 Å². The van der Waals surface area contributed by atoms with E-state index in [0.29, 0.717) is 0 Å². The molecule has 0 heteroatoms. The molecule has 0 nitrogen and oxygen atoms in total. The van der Waals surface area contributed by atoms with Crippen LogP contribution in [-0.4, -0.2) is 0 Å². The van der Waals surface area contributed by atoms with Crippen LogP contribution < -0.4 is 10.4 Å². The first kappa shape index (κ1) is 23.5. The van der Waals surface area contributed by atoms with E-state index in [4.69, 9.17) is 0 Å². The first-order chi connectivity index (χ1) is 18.3. The predicted molar refractivity (Wildman–Crippen MR) is 159 cm³/mol. The van der Waals surface area contributed by atoms with Gasteiger partial charge in [0.05, 0.1) is 0 Å². The molecule has 0 amide bonds. The average molecular weight is 479 g/mol. The monoisotopic (exact) mass is 478 g/mol. The summed E-state index contributed by atoms with van der Waals surface area (Å²) in [7, 11) is 0. The summed E-state index contributed by atoms with van der Waals surface area (Å²) >= 11 is 0. The molecule has 4 aromatic carbocycles. The number of aryl methyl sites for hydroxylation is 1. The lowest BCUT2D eigenvalue weighted by Gasteiger charge is -2.19. The van der Waals surface area contributed by atoms with Gasteiger partial charge in [0.1, 0.15) is 0 Å². The molecule has 37 heavy (non-hydrogen) atoms. The minimum Gasteiger partial charge on any atom is -0.0801 e. The van der Waals surface area contributed by atoms with E-state index >= 15 is 0 Å². The quantitative estimate of drug-likeness (QED) is 0.222. The maximum Gasteiger partial charge on any atom is -0.00357 e. The van der Waals surface area contributed by atoms with Crippen molar-refractivity contribution < 1.29 is 0 Å². The zero-order chi connectivity index (χ0) is 25.2. The second-order valence-corrected chi connectivity index (χ2v) is 10.2. The molecule has 0 saturated carbocycles. The number of hydrogen-bond donors (Lipinski definition) is 0. The molecule has 0 unspecified atom stereocenters. The Labute approximate surface area is 221 Å². The highest BCUT2D eigenvalue weighted by atomic mass is 14.3. The van der Waals surface area contributed by atoms with Gasteiger partial charge in [0.25, 0.3) is 0 Å². The third-order valence-corrected chi connectivity index (χ3v) is 7.73. The van der Waals surface area contributed by atoms with Crippen molar-refractivity contribution in [1.82, 2.24) is 0 Å². The molecule has 0 fully saturated rings. The Hall–Kier alpha value is -3.90. The molecule has 182 valence electrons. The number of fused-ring (bicyclic) bond motifs is 3. The molecule has 2 aliphatic rings. The van der Waals surface area contributed by atoms with E-state index in [9.17, 15) is 0 Å². The van der Waals surface area contributed by atoms with Gasteiger partial charge in [-0.1, -0.05) is 124 Å². The molecule has 6 rings (SSSR count). The standard InChI is InChI=1S/C37H34/c1-3-14-26-22-13-23-30-24-32-34(36(26)30)25-33(31(15-4-2)37(32)29-20-11-12-21-29)35(27-16-7-5-8-17-27)28-18-9-6-10-19-28/h5-13,16-20,22-25H,3-4,14-15,21H2,1-2H3. The summed E-state index contributed by atoms with van der Waals surface area (Å²) in [6.07, 6.45) is 14.8. The molecule has 0 spiro atoms. The largest absolute Gasteiger partial charge is 0.0801 e.